The van der Waals surface area contributed by atoms with Crippen LogP contribution in [0.1, 0.15) is 18.5 Å². The number of pyridine rings is 2. The summed E-state index contributed by atoms with van der Waals surface area (Å²) in [6.07, 6.45) is 9.58. The highest BCUT2D eigenvalue weighted by Crippen LogP contribution is 2.29. The molecule has 2 aromatic rings. The van der Waals surface area contributed by atoms with Crippen molar-refractivity contribution in [2.75, 3.05) is 6.54 Å². The van der Waals surface area contributed by atoms with Gasteiger partial charge < -0.3 is 5.32 Å². The molecule has 2 aliphatic heterocycles. The van der Waals surface area contributed by atoms with Crippen molar-refractivity contribution in [2.45, 2.75) is 19.4 Å². The van der Waals surface area contributed by atoms with E-state index in [9.17, 15) is 4.79 Å². The van der Waals surface area contributed by atoms with Crippen LogP contribution in [0, 0.1) is 17.8 Å². The maximum absolute atomic E-state index is 12.8. The van der Waals surface area contributed by atoms with Crippen LogP contribution in [0.3, 0.4) is 0 Å². The Labute approximate surface area is 162 Å². The number of rotatable bonds is 3. The topological polar surface area (TPSA) is 70.2 Å². The molecule has 1 amide bonds. The first-order valence-corrected chi connectivity index (χ1v) is 9.42. The first-order valence-electron chi connectivity index (χ1n) is 9.42. The van der Waals surface area contributed by atoms with Gasteiger partial charge in [0.25, 0.3) is 5.91 Å². The number of carbonyl (C=O) groups is 1. The van der Waals surface area contributed by atoms with Crippen LogP contribution in [-0.4, -0.2) is 27.4 Å². The van der Waals surface area contributed by atoms with Gasteiger partial charge in [-0.15, -0.1) is 0 Å². The lowest BCUT2D eigenvalue weighted by Gasteiger charge is -2.32. The maximum Gasteiger partial charge on any atom is 0.254 e. The summed E-state index contributed by atoms with van der Waals surface area (Å²) in [5.41, 5.74) is 6.67. The minimum atomic E-state index is -0.0982. The molecular weight excluding hydrogens is 350 g/mol. The van der Waals surface area contributed by atoms with Crippen LogP contribution in [0.15, 0.2) is 54.1 Å². The van der Waals surface area contributed by atoms with E-state index in [1.807, 2.05) is 35.5 Å². The Morgan fingerprint density at radius 3 is 3.00 bits per heavy atom. The van der Waals surface area contributed by atoms with Crippen molar-refractivity contribution in [1.82, 2.24) is 25.7 Å². The van der Waals surface area contributed by atoms with Crippen molar-refractivity contribution in [3.63, 3.8) is 0 Å². The minimum Gasteiger partial charge on any atom is -0.347 e. The van der Waals surface area contributed by atoms with Gasteiger partial charge in [0.1, 0.15) is 0 Å². The van der Waals surface area contributed by atoms with E-state index in [-0.39, 0.29) is 5.91 Å². The molecule has 1 fully saturated rings. The van der Waals surface area contributed by atoms with Gasteiger partial charge in [-0.25, -0.2) is 5.43 Å². The van der Waals surface area contributed by atoms with E-state index >= 15 is 0 Å². The molecule has 0 spiro atoms. The Kier molecular flexibility index (Phi) is 4.15. The third-order valence-corrected chi connectivity index (χ3v) is 4.97. The number of carbonyl (C=O) groups excluding carboxylic acids is 1. The molecule has 28 heavy (non-hydrogen) atoms. The average molecular weight is 369 g/mol. The number of nitrogens with one attached hydrogen (secondary N) is 2. The standard InChI is InChI=1S/C22H19N5O/c28-22-20-19-13-23-10-8-17(19)14-27(26-12-18-3-1-2-9-24-18)21(20)16(11-25-22)7-6-15-4-5-15/h1-3,8-10,13-15,26H,4-5,11-12H2,(H,25,28). The van der Waals surface area contributed by atoms with Crippen molar-refractivity contribution in [2.24, 2.45) is 5.92 Å². The zero-order valence-electron chi connectivity index (χ0n) is 15.3. The molecule has 0 bridgehead atoms. The van der Waals surface area contributed by atoms with Gasteiger partial charge >= 0.3 is 0 Å². The summed E-state index contributed by atoms with van der Waals surface area (Å²) in [5, 5.41) is 6.65. The van der Waals surface area contributed by atoms with Crippen LogP contribution in [0.2, 0.25) is 0 Å². The fraction of sp³-hybridized carbons (Fsp3) is 0.227. The van der Waals surface area contributed by atoms with Gasteiger partial charge in [-0.3, -0.25) is 19.8 Å². The number of aromatic nitrogens is 2. The third-order valence-electron chi connectivity index (χ3n) is 4.97. The summed E-state index contributed by atoms with van der Waals surface area (Å²) < 4.78 is 0. The predicted octanol–water partition coefficient (Wildman–Crippen LogP) is 0.183. The molecule has 1 aliphatic carbocycles. The van der Waals surface area contributed by atoms with Crippen LogP contribution in [0.25, 0.3) is 11.8 Å². The largest absolute Gasteiger partial charge is 0.347 e. The first-order chi connectivity index (χ1) is 13.8. The second-order valence-corrected chi connectivity index (χ2v) is 7.05. The lowest BCUT2D eigenvalue weighted by Crippen LogP contribution is -2.49. The summed E-state index contributed by atoms with van der Waals surface area (Å²) in [6, 6.07) is 7.73. The fourth-order valence-corrected chi connectivity index (χ4v) is 3.36. The highest BCUT2D eigenvalue weighted by molar-refractivity contribution is 6.20. The highest BCUT2D eigenvalue weighted by Gasteiger charge is 2.30. The van der Waals surface area contributed by atoms with Gasteiger partial charge in [-0.05, 0) is 31.0 Å². The molecule has 4 heterocycles. The quantitative estimate of drug-likeness (QED) is 0.756. The maximum atomic E-state index is 12.8. The monoisotopic (exact) mass is 369 g/mol. The lowest BCUT2D eigenvalue weighted by atomic mass is 9.97. The predicted molar refractivity (Wildman–Crippen MR) is 105 cm³/mol. The summed E-state index contributed by atoms with van der Waals surface area (Å²) in [4.78, 5) is 21.4. The molecule has 0 aromatic carbocycles. The summed E-state index contributed by atoms with van der Waals surface area (Å²) >= 11 is 0. The molecule has 3 aliphatic rings. The van der Waals surface area contributed by atoms with E-state index in [1.165, 1.54) is 12.8 Å². The van der Waals surface area contributed by atoms with Crippen LogP contribution in [-0.2, 0) is 11.3 Å². The first kappa shape index (κ1) is 16.7. The van der Waals surface area contributed by atoms with Crippen molar-refractivity contribution in [3.8, 4) is 11.8 Å². The Hall–Kier alpha value is -3.43. The van der Waals surface area contributed by atoms with E-state index in [4.69, 9.17) is 0 Å². The van der Waals surface area contributed by atoms with E-state index in [1.54, 1.807) is 18.6 Å². The van der Waals surface area contributed by atoms with Gasteiger partial charge in [0.15, 0.2) is 0 Å². The van der Waals surface area contributed by atoms with Gasteiger partial charge in [0.05, 0.1) is 30.1 Å². The van der Waals surface area contributed by atoms with Gasteiger partial charge in [-0.2, -0.15) is 0 Å². The number of nitrogens with zero attached hydrogens (tertiary/aromatic N) is 3. The molecule has 1 saturated carbocycles. The van der Waals surface area contributed by atoms with Gasteiger partial charge in [0, 0.05) is 46.7 Å². The highest BCUT2D eigenvalue weighted by atomic mass is 16.1. The molecule has 0 saturated heterocycles. The number of fused-ring (bicyclic) bond motifs is 2. The molecule has 138 valence electrons. The molecule has 0 atom stereocenters. The molecule has 2 aromatic heterocycles. The molecular formula is C22H19N5O. The minimum absolute atomic E-state index is 0.0982. The van der Waals surface area contributed by atoms with E-state index in [0.29, 0.717) is 24.6 Å². The number of amides is 1. The van der Waals surface area contributed by atoms with E-state index in [2.05, 4.69) is 32.6 Å². The Bertz CT molecular complexity index is 1150. The summed E-state index contributed by atoms with van der Waals surface area (Å²) in [7, 11) is 0. The number of hydrogen-bond acceptors (Lipinski definition) is 5. The number of hydrogen-bond donors (Lipinski definition) is 2. The second kappa shape index (κ2) is 6.95. The van der Waals surface area contributed by atoms with Gasteiger partial charge in [-0.1, -0.05) is 17.9 Å². The normalized spacial score (nSPS) is 17.8. The van der Waals surface area contributed by atoms with Crippen molar-refractivity contribution < 1.29 is 4.79 Å². The molecule has 0 radical (unpaired) electrons. The Morgan fingerprint density at radius 2 is 2.18 bits per heavy atom. The van der Waals surface area contributed by atoms with Crippen LogP contribution < -0.4 is 21.2 Å². The zero-order valence-corrected chi connectivity index (χ0v) is 15.3. The molecule has 2 N–H and O–H groups in total. The SMILES string of the molecule is O=C1NCC(C#CC2CC2)=C2C1=c1cnccc1=CN2NCc1ccccn1. The average Bonchev–Trinajstić information content (AvgIpc) is 3.56. The Balaban J connectivity index is 1.62. The molecule has 6 nitrogen and oxygen atoms in total. The smallest absolute Gasteiger partial charge is 0.254 e. The van der Waals surface area contributed by atoms with Crippen molar-refractivity contribution in [1.29, 1.82) is 0 Å². The van der Waals surface area contributed by atoms with Crippen LogP contribution in [0.5, 0.6) is 0 Å². The fourth-order valence-electron chi connectivity index (χ4n) is 3.36. The van der Waals surface area contributed by atoms with Crippen molar-refractivity contribution >= 4 is 17.7 Å². The van der Waals surface area contributed by atoms with E-state index < -0.39 is 0 Å². The lowest BCUT2D eigenvalue weighted by molar-refractivity contribution is -0.115. The molecule has 0 unspecified atom stereocenters. The van der Waals surface area contributed by atoms with Crippen LogP contribution >= 0.6 is 0 Å². The molecule has 5 rings (SSSR count). The third kappa shape index (κ3) is 3.17. The van der Waals surface area contributed by atoms with Crippen molar-refractivity contribution in [3.05, 3.63) is 70.3 Å². The summed E-state index contributed by atoms with van der Waals surface area (Å²) in [5.74, 6) is 7.04. The van der Waals surface area contributed by atoms with E-state index in [0.717, 1.165) is 27.4 Å². The Morgan fingerprint density at radius 1 is 1.25 bits per heavy atom. The van der Waals surface area contributed by atoms with Gasteiger partial charge in [0.2, 0.25) is 0 Å². The molecule has 6 heteroatoms. The van der Waals surface area contributed by atoms with Crippen LogP contribution in [0.4, 0.5) is 0 Å². The number of hydrazine groups is 1. The second-order valence-electron chi connectivity index (χ2n) is 7.05. The summed E-state index contributed by atoms with van der Waals surface area (Å²) in [6.45, 7) is 0.974. The zero-order chi connectivity index (χ0) is 18.9.